The highest BCUT2D eigenvalue weighted by Gasteiger charge is 2.13. The number of nitrogens with one attached hydrogen (secondary N) is 1. The van der Waals surface area contributed by atoms with Crippen molar-refractivity contribution >= 4 is 38.3 Å². The third-order valence-electron chi connectivity index (χ3n) is 2.66. The van der Waals surface area contributed by atoms with Crippen molar-refractivity contribution in [3.63, 3.8) is 0 Å². The number of rotatable bonds is 8. The van der Waals surface area contributed by atoms with Crippen LogP contribution in [0.25, 0.3) is 0 Å². The first-order chi connectivity index (χ1) is 9.30. The van der Waals surface area contributed by atoms with Crippen LogP contribution < -0.4 is 10.5 Å². The fourth-order valence-corrected chi connectivity index (χ4v) is 4.11. The van der Waals surface area contributed by atoms with E-state index in [-0.39, 0.29) is 17.5 Å². The van der Waals surface area contributed by atoms with Crippen molar-refractivity contribution in [2.24, 2.45) is 0 Å². The zero-order valence-corrected chi connectivity index (χ0v) is 14.0. The topological polar surface area (TPSA) is 89.3 Å². The van der Waals surface area contributed by atoms with Gasteiger partial charge in [0.1, 0.15) is 0 Å². The maximum Gasteiger partial charge on any atom is 0.212 e. The van der Waals surface area contributed by atoms with E-state index in [9.17, 15) is 12.6 Å². The molecule has 1 aromatic carbocycles. The molecular formula is C12H20N2O3S3. The molecule has 8 heteroatoms. The molecule has 2 atom stereocenters. The van der Waals surface area contributed by atoms with E-state index in [1.165, 1.54) is 11.8 Å². The summed E-state index contributed by atoms with van der Waals surface area (Å²) in [5.74, 6) is 0.494. The molecule has 0 saturated carbocycles. The summed E-state index contributed by atoms with van der Waals surface area (Å²) in [7, 11) is -4.35. The third-order valence-corrected chi connectivity index (χ3v) is 6.58. The summed E-state index contributed by atoms with van der Waals surface area (Å²) in [4.78, 5) is 0.984. The SMILES string of the molecule is CC(CNS(=O)(=O)CCSc1ccc(N)cc1)S(C)=O. The van der Waals surface area contributed by atoms with Gasteiger partial charge in [-0.2, -0.15) is 0 Å². The number of hydrogen-bond donors (Lipinski definition) is 2. The number of nitrogen functional groups attached to an aromatic ring is 1. The molecule has 0 aliphatic heterocycles. The molecule has 0 heterocycles. The minimum absolute atomic E-state index is 0.0328. The van der Waals surface area contributed by atoms with Gasteiger partial charge in [0.15, 0.2) is 0 Å². The first-order valence-electron chi connectivity index (χ1n) is 6.08. The van der Waals surface area contributed by atoms with Gasteiger partial charge in [-0.25, -0.2) is 13.1 Å². The van der Waals surface area contributed by atoms with Crippen LogP contribution in [0.2, 0.25) is 0 Å². The fourth-order valence-electron chi connectivity index (χ4n) is 1.27. The molecule has 0 fully saturated rings. The van der Waals surface area contributed by atoms with Gasteiger partial charge < -0.3 is 5.73 Å². The fraction of sp³-hybridized carbons (Fsp3) is 0.500. The van der Waals surface area contributed by atoms with Gasteiger partial charge in [-0.15, -0.1) is 11.8 Å². The smallest absolute Gasteiger partial charge is 0.212 e. The lowest BCUT2D eigenvalue weighted by Crippen LogP contribution is -2.34. The van der Waals surface area contributed by atoms with E-state index < -0.39 is 20.8 Å². The second kappa shape index (κ2) is 8.02. The Morgan fingerprint density at radius 1 is 1.35 bits per heavy atom. The zero-order valence-electron chi connectivity index (χ0n) is 11.5. The molecule has 0 aliphatic rings. The summed E-state index contributed by atoms with van der Waals surface area (Å²) < 4.78 is 37.1. The molecule has 0 saturated heterocycles. The van der Waals surface area contributed by atoms with Crippen molar-refractivity contribution in [3.05, 3.63) is 24.3 Å². The van der Waals surface area contributed by atoms with E-state index in [4.69, 9.17) is 5.73 Å². The molecule has 0 amide bonds. The Bertz CT molecular complexity index is 544. The Morgan fingerprint density at radius 2 is 1.95 bits per heavy atom. The highest BCUT2D eigenvalue weighted by molar-refractivity contribution is 8.00. The summed E-state index contributed by atoms with van der Waals surface area (Å²) in [6.45, 7) is 1.96. The molecule has 5 nitrogen and oxygen atoms in total. The third kappa shape index (κ3) is 6.74. The lowest BCUT2D eigenvalue weighted by Gasteiger charge is -2.10. The average Bonchev–Trinajstić information content (AvgIpc) is 2.38. The number of nitrogens with two attached hydrogens (primary N) is 1. The van der Waals surface area contributed by atoms with Gasteiger partial charge in [-0.05, 0) is 31.2 Å². The Morgan fingerprint density at radius 3 is 2.50 bits per heavy atom. The quantitative estimate of drug-likeness (QED) is 0.547. The number of anilines is 1. The average molecular weight is 337 g/mol. The summed E-state index contributed by atoms with van der Waals surface area (Å²) >= 11 is 1.46. The van der Waals surface area contributed by atoms with Crippen LogP contribution in [0, 0.1) is 0 Å². The number of benzene rings is 1. The molecule has 0 radical (unpaired) electrons. The van der Waals surface area contributed by atoms with Crippen molar-refractivity contribution in [2.75, 3.05) is 30.0 Å². The monoisotopic (exact) mass is 336 g/mol. The van der Waals surface area contributed by atoms with Gasteiger partial charge in [0.25, 0.3) is 0 Å². The van der Waals surface area contributed by atoms with E-state index in [0.29, 0.717) is 11.4 Å². The van der Waals surface area contributed by atoms with Crippen LogP contribution in [0.5, 0.6) is 0 Å². The Labute approximate surface area is 127 Å². The van der Waals surface area contributed by atoms with Crippen molar-refractivity contribution < 1.29 is 12.6 Å². The van der Waals surface area contributed by atoms with Crippen LogP contribution in [-0.4, -0.2) is 42.2 Å². The van der Waals surface area contributed by atoms with Gasteiger partial charge in [-0.1, -0.05) is 0 Å². The van der Waals surface area contributed by atoms with Crippen LogP contribution in [0.3, 0.4) is 0 Å². The normalized spacial score (nSPS) is 14.9. The minimum atomic E-state index is -3.32. The minimum Gasteiger partial charge on any atom is -0.399 e. The first-order valence-corrected chi connectivity index (χ1v) is 10.3. The molecule has 0 aromatic heterocycles. The summed E-state index contributed by atoms with van der Waals surface area (Å²) in [5.41, 5.74) is 6.26. The maximum absolute atomic E-state index is 11.8. The molecule has 20 heavy (non-hydrogen) atoms. The molecule has 0 aliphatic carbocycles. The molecule has 114 valence electrons. The molecule has 2 unspecified atom stereocenters. The van der Waals surface area contributed by atoms with Gasteiger partial charge in [-0.3, -0.25) is 4.21 Å². The predicted octanol–water partition coefficient (Wildman–Crippen LogP) is 1.05. The molecule has 3 N–H and O–H groups in total. The largest absolute Gasteiger partial charge is 0.399 e. The Kier molecular flexibility index (Phi) is 7.01. The second-order valence-electron chi connectivity index (χ2n) is 4.39. The Hall–Kier alpha value is -0.570. The number of hydrogen-bond acceptors (Lipinski definition) is 5. The van der Waals surface area contributed by atoms with Crippen molar-refractivity contribution in [1.29, 1.82) is 0 Å². The standard InChI is InChI=1S/C12H20N2O3S3/c1-10(19(2)15)9-14-20(16,17)8-7-18-12-5-3-11(13)4-6-12/h3-6,10,14H,7-9,13H2,1-2H3. The van der Waals surface area contributed by atoms with E-state index >= 15 is 0 Å². The molecule has 1 aromatic rings. The van der Waals surface area contributed by atoms with Gasteiger partial charge in [0.2, 0.25) is 10.0 Å². The van der Waals surface area contributed by atoms with E-state index in [2.05, 4.69) is 4.72 Å². The van der Waals surface area contributed by atoms with E-state index in [1.54, 1.807) is 25.3 Å². The van der Waals surface area contributed by atoms with Crippen molar-refractivity contribution in [3.8, 4) is 0 Å². The van der Waals surface area contributed by atoms with Crippen LogP contribution >= 0.6 is 11.8 Å². The summed E-state index contributed by atoms with van der Waals surface area (Å²) in [6, 6.07) is 7.30. The molecule has 1 rings (SSSR count). The van der Waals surface area contributed by atoms with Crippen LogP contribution in [0.1, 0.15) is 6.92 Å². The highest BCUT2D eigenvalue weighted by atomic mass is 32.2. The zero-order chi connectivity index (χ0) is 15.2. The van der Waals surface area contributed by atoms with Crippen LogP contribution in [0.15, 0.2) is 29.2 Å². The lowest BCUT2D eigenvalue weighted by atomic mass is 10.3. The van der Waals surface area contributed by atoms with Gasteiger partial charge in [0.05, 0.1) is 5.75 Å². The van der Waals surface area contributed by atoms with E-state index in [0.717, 1.165) is 4.90 Å². The summed E-state index contributed by atoms with van der Waals surface area (Å²) in [6.07, 6.45) is 1.57. The summed E-state index contributed by atoms with van der Waals surface area (Å²) in [5, 5.41) is -0.186. The first kappa shape index (κ1) is 17.5. The predicted molar refractivity (Wildman–Crippen MR) is 86.9 cm³/mol. The highest BCUT2D eigenvalue weighted by Crippen LogP contribution is 2.19. The second-order valence-corrected chi connectivity index (χ2v) is 9.29. The maximum atomic E-state index is 11.8. The van der Waals surface area contributed by atoms with Crippen molar-refractivity contribution in [2.45, 2.75) is 17.1 Å². The van der Waals surface area contributed by atoms with Gasteiger partial charge in [0, 0.05) is 45.2 Å². The number of sulfonamides is 1. The van der Waals surface area contributed by atoms with Gasteiger partial charge >= 0.3 is 0 Å². The Balaban J connectivity index is 2.36. The van der Waals surface area contributed by atoms with Crippen LogP contribution in [0.4, 0.5) is 5.69 Å². The van der Waals surface area contributed by atoms with Crippen LogP contribution in [-0.2, 0) is 20.8 Å². The number of thioether (sulfide) groups is 1. The van der Waals surface area contributed by atoms with E-state index in [1.807, 2.05) is 12.1 Å². The molecule has 0 bridgehead atoms. The lowest BCUT2D eigenvalue weighted by molar-refractivity contribution is 0.582. The molecular weight excluding hydrogens is 316 g/mol. The molecule has 0 spiro atoms. The van der Waals surface area contributed by atoms with Crippen molar-refractivity contribution in [1.82, 2.24) is 4.72 Å².